The predicted octanol–water partition coefficient (Wildman–Crippen LogP) is 5.32. The summed E-state index contributed by atoms with van der Waals surface area (Å²) >= 11 is 0. The van der Waals surface area contributed by atoms with Crippen LogP contribution in [-0.2, 0) is 14.0 Å². The molecule has 178 valence electrons. The number of carbonyl (C=O) groups excluding carboxylic acids is 2. The summed E-state index contributed by atoms with van der Waals surface area (Å²) in [5, 5.41) is 0.0767. The third-order valence-electron chi connectivity index (χ3n) is 7.79. The number of amides is 2. The van der Waals surface area contributed by atoms with Crippen molar-refractivity contribution >= 4 is 20.3 Å². The Labute approximate surface area is 190 Å². The molecule has 3 aliphatic rings. The fourth-order valence-corrected chi connectivity index (χ4v) is 6.48. The van der Waals surface area contributed by atoms with Crippen LogP contribution in [0.2, 0.25) is 18.1 Å². The molecule has 6 nitrogen and oxygen atoms in total. The molecule has 0 bridgehead atoms. The molecule has 3 fully saturated rings. The molecule has 1 saturated carbocycles. The third-order valence-corrected chi connectivity index (χ3v) is 12.3. The van der Waals surface area contributed by atoms with Gasteiger partial charge in [0.1, 0.15) is 11.1 Å². The molecule has 31 heavy (non-hydrogen) atoms. The van der Waals surface area contributed by atoms with Crippen molar-refractivity contribution < 1.29 is 18.8 Å². The lowest BCUT2D eigenvalue weighted by molar-refractivity contribution is -0.139. The van der Waals surface area contributed by atoms with Gasteiger partial charge in [0, 0.05) is 19.0 Å². The molecule has 2 amide bonds. The molecule has 3 rings (SSSR count). The van der Waals surface area contributed by atoms with Crippen LogP contribution in [0.25, 0.3) is 0 Å². The largest absolute Gasteiger partial charge is 0.444 e. The zero-order valence-electron chi connectivity index (χ0n) is 21.0. The van der Waals surface area contributed by atoms with Crippen molar-refractivity contribution in [2.75, 3.05) is 13.1 Å². The third kappa shape index (κ3) is 4.97. The van der Waals surface area contributed by atoms with Crippen LogP contribution in [0.3, 0.4) is 0 Å². The van der Waals surface area contributed by atoms with Gasteiger partial charge in [-0.15, -0.1) is 0 Å². The van der Waals surface area contributed by atoms with Crippen LogP contribution in [0.15, 0.2) is 0 Å². The van der Waals surface area contributed by atoms with Gasteiger partial charge >= 0.3 is 6.09 Å². The van der Waals surface area contributed by atoms with E-state index >= 15 is 0 Å². The van der Waals surface area contributed by atoms with E-state index in [1.807, 2.05) is 20.8 Å². The monoisotopic (exact) mass is 452 g/mol. The lowest BCUT2D eigenvalue weighted by atomic mass is 9.92. The average molecular weight is 453 g/mol. The second-order valence-corrected chi connectivity index (χ2v) is 17.1. The van der Waals surface area contributed by atoms with E-state index in [1.165, 1.54) is 19.3 Å². The Kier molecular flexibility index (Phi) is 6.62. The molecule has 1 unspecified atom stereocenters. The highest BCUT2D eigenvalue weighted by atomic mass is 28.4. The first-order chi connectivity index (χ1) is 14.2. The Morgan fingerprint density at radius 2 is 1.68 bits per heavy atom. The predicted molar refractivity (Wildman–Crippen MR) is 126 cm³/mol. The van der Waals surface area contributed by atoms with Gasteiger partial charge in [-0.1, -0.05) is 40.0 Å². The number of carbonyl (C=O) groups is 2. The van der Waals surface area contributed by atoms with Gasteiger partial charge in [0.25, 0.3) is 0 Å². The lowest BCUT2D eigenvalue weighted by Gasteiger charge is -2.38. The summed E-state index contributed by atoms with van der Waals surface area (Å²) in [6.07, 6.45) is 6.56. The highest BCUT2D eigenvalue weighted by molar-refractivity contribution is 6.74. The van der Waals surface area contributed by atoms with Gasteiger partial charge in [0.05, 0.1) is 12.6 Å². The molecule has 0 radical (unpaired) electrons. The van der Waals surface area contributed by atoms with Gasteiger partial charge in [-0.2, -0.15) is 0 Å². The van der Waals surface area contributed by atoms with E-state index in [0.717, 1.165) is 19.4 Å². The van der Waals surface area contributed by atoms with E-state index in [9.17, 15) is 9.59 Å². The van der Waals surface area contributed by atoms with Crippen LogP contribution in [0.4, 0.5) is 4.79 Å². The molecular formula is C24H44N2O4Si. The molecule has 2 aliphatic heterocycles. The van der Waals surface area contributed by atoms with Gasteiger partial charge in [0.2, 0.25) is 5.91 Å². The average Bonchev–Trinajstić information content (AvgIpc) is 3.14. The van der Waals surface area contributed by atoms with Crippen LogP contribution < -0.4 is 0 Å². The Hall–Kier alpha value is -1.08. The number of likely N-dealkylation sites (tertiary alicyclic amines) is 2. The minimum Gasteiger partial charge on any atom is -0.444 e. The minimum atomic E-state index is -2.02. The maximum Gasteiger partial charge on any atom is 0.411 e. The van der Waals surface area contributed by atoms with Crippen molar-refractivity contribution in [2.45, 2.75) is 128 Å². The maximum absolute atomic E-state index is 13.8. The molecular weight excluding hydrogens is 408 g/mol. The molecule has 2 heterocycles. The normalized spacial score (nSPS) is 28.6. The zero-order chi connectivity index (χ0) is 23.2. The van der Waals surface area contributed by atoms with Crippen LogP contribution in [0, 0.1) is 0 Å². The molecule has 0 N–H and O–H groups in total. The summed E-state index contributed by atoms with van der Waals surface area (Å²) in [5.41, 5.74) is -1.41. The molecule has 7 heteroatoms. The molecule has 0 aromatic carbocycles. The number of rotatable bonds is 3. The Morgan fingerprint density at radius 1 is 1.06 bits per heavy atom. The van der Waals surface area contributed by atoms with Crippen molar-refractivity contribution in [1.82, 2.24) is 9.80 Å². The van der Waals surface area contributed by atoms with Gasteiger partial charge in [-0.3, -0.25) is 9.69 Å². The van der Waals surface area contributed by atoms with Gasteiger partial charge < -0.3 is 14.1 Å². The summed E-state index contributed by atoms with van der Waals surface area (Å²) in [7, 11) is -2.02. The van der Waals surface area contributed by atoms with Gasteiger partial charge in [0.15, 0.2) is 8.32 Å². The highest BCUT2D eigenvalue weighted by Crippen LogP contribution is 2.45. The van der Waals surface area contributed by atoms with Crippen LogP contribution in [0.5, 0.6) is 0 Å². The van der Waals surface area contributed by atoms with Crippen LogP contribution in [-0.4, -0.2) is 66.5 Å². The summed E-state index contributed by atoms with van der Waals surface area (Å²) < 4.78 is 12.5. The van der Waals surface area contributed by atoms with Crippen molar-refractivity contribution in [3.05, 3.63) is 0 Å². The van der Waals surface area contributed by atoms with Crippen molar-refractivity contribution in [2.24, 2.45) is 0 Å². The molecule has 1 aliphatic carbocycles. The van der Waals surface area contributed by atoms with E-state index in [0.29, 0.717) is 25.4 Å². The summed E-state index contributed by atoms with van der Waals surface area (Å²) in [5.74, 6) is 0.117. The van der Waals surface area contributed by atoms with E-state index < -0.39 is 19.5 Å². The molecule has 0 aromatic rings. The fraction of sp³-hybridized carbons (Fsp3) is 0.917. The van der Waals surface area contributed by atoms with Crippen molar-refractivity contribution in [3.8, 4) is 0 Å². The summed E-state index contributed by atoms with van der Waals surface area (Å²) in [4.78, 5) is 30.9. The fourth-order valence-electron chi connectivity index (χ4n) is 5.13. The smallest absolute Gasteiger partial charge is 0.411 e. The van der Waals surface area contributed by atoms with Crippen LogP contribution in [0.1, 0.15) is 86.5 Å². The topological polar surface area (TPSA) is 59.1 Å². The summed E-state index contributed by atoms with van der Waals surface area (Å²) in [6, 6.07) is 0.321. The van der Waals surface area contributed by atoms with E-state index in [4.69, 9.17) is 9.16 Å². The van der Waals surface area contributed by atoms with Crippen molar-refractivity contribution in [3.63, 3.8) is 0 Å². The lowest BCUT2D eigenvalue weighted by Crippen LogP contribution is -2.55. The Morgan fingerprint density at radius 3 is 2.23 bits per heavy atom. The van der Waals surface area contributed by atoms with Gasteiger partial charge in [-0.25, -0.2) is 4.79 Å². The Balaban J connectivity index is 1.86. The van der Waals surface area contributed by atoms with Crippen LogP contribution >= 0.6 is 0 Å². The summed E-state index contributed by atoms with van der Waals surface area (Å²) in [6.45, 7) is 17.9. The number of nitrogens with zero attached hydrogens (tertiary/aromatic N) is 2. The van der Waals surface area contributed by atoms with E-state index in [-0.39, 0.29) is 23.1 Å². The number of hydrogen-bond acceptors (Lipinski definition) is 4. The maximum atomic E-state index is 13.8. The second kappa shape index (κ2) is 8.36. The van der Waals surface area contributed by atoms with E-state index in [2.05, 4.69) is 38.8 Å². The second-order valence-electron chi connectivity index (χ2n) is 12.4. The molecule has 1 spiro atoms. The zero-order valence-corrected chi connectivity index (χ0v) is 22.0. The molecule has 2 saturated heterocycles. The SMILES string of the molecule is CC(C)(C)OC(=O)N1C[C@H](O[Si](C)(C)C(C)(C)C)CC12CCN(C1CCCCC1)C2=O. The quantitative estimate of drug-likeness (QED) is 0.544. The number of ether oxygens (including phenoxy) is 1. The highest BCUT2D eigenvalue weighted by Gasteiger charge is 2.60. The first-order valence-corrected chi connectivity index (χ1v) is 15.1. The van der Waals surface area contributed by atoms with Crippen molar-refractivity contribution in [1.29, 1.82) is 0 Å². The minimum absolute atomic E-state index is 0.0767. The van der Waals surface area contributed by atoms with E-state index in [1.54, 1.807) is 4.90 Å². The first kappa shape index (κ1) is 24.6. The first-order valence-electron chi connectivity index (χ1n) is 12.2. The molecule has 0 aromatic heterocycles. The standard InChI is InChI=1S/C24H44N2O4Si/c1-22(2,3)29-21(28)26-17-19(30-31(7,8)23(4,5)6)16-24(26)14-15-25(20(24)27)18-12-10-9-11-13-18/h18-19H,9-17H2,1-8H3/t19-,24?/m1/s1. The van der Waals surface area contributed by atoms with Gasteiger partial charge in [-0.05, 0) is 58.2 Å². The molecule has 2 atom stereocenters. The Bertz CT molecular complexity index is 691. The number of hydrogen-bond donors (Lipinski definition) is 0.